The second-order valence-electron chi connectivity index (χ2n) is 10.7. The van der Waals surface area contributed by atoms with Crippen LogP contribution in [0.4, 0.5) is 0 Å². The zero-order valence-corrected chi connectivity index (χ0v) is 23.8. The van der Waals surface area contributed by atoms with Crippen LogP contribution >= 0.6 is 0 Å². The van der Waals surface area contributed by atoms with Crippen LogP contribution in [0.2, 0.25) is 0 Å². The molecule has 44 heavy (non-hydrogen) atoms. The van der Waals surface area contributed by atoms with Crippen LogP contribution in [0, 0.1) is 0 Å². The monoisotopic (exact) mass is 562 g/mol. The predicted octanol–water partition coefficient (Wildman–Crippen LogP) is 9.91. The van der Waals surface area contributed by atoms with Crippen LogP contribution < -0.4 is 0 Å². The van der Waals surface area contributed by atoms with Gasteiger partial charge in [-0.05, 0) is 45.2 Å². The highest BCUT2D eigenvalue weighted by Gasteiger charge is 2.14. The third-order valence-corrected chi connectivity index (χ3v) is 8.02. The number of para-hydroxylation sites is 1. The summed E-state index contributed by atoms with van der Waals surface area (Å²) in [6.45, 7) is 0. The first-order valence-corrected chi connectivity index (χ1v) is 14.7. The van der Waals surface area contributed by atoms with E-state index in [0.717, 1.165) is 33.2 Å². The fraction of sp³-hybridized carbons (Fsp3) is 0. The number of fused-ring (bicyclic) bond motifs is 2. The lowest BCUT2D eigenvalue weighted by Gasteiger charge is -2.14. The summed E-state index contributed by atoms with van der Waals surface area (Å²) in [4.78, 5) is 19.2. The number of hydrogen-bond donors (Lipinski definition) is 0. The maximum Gasteiger partial charge on any atom is 0.164 e. The van der Waals surface area contributed by atoms with Gasteiger partial charge < -0.3 is 0 Å². The zero-order chi connectivity index (χ0) is 29.3. The van der Waals surface area contributed by atoms with Gasteiger partial charge in [-0.3, -0.25) is 4.98 Å². The standard InChI is InChI=1S/C40H26N4/c1-3-11-28(12-4-1)38-42-39(29-13-5-2-6-14-29)44-40(43-38)30-21-19-27(20-22-30)31-23-24-34(33-16-8-7-15-32(31)33)35-25-26-41-37-18-10-9-17-36(35)37/h1-26H. The molecule has 206 valence electrons. The average Bonchev–Trinajstić information content (AvgIpc) is 3.11. The van der Waals surface area contributed by atoms with Crippen molar-refractivity contribution < 1.29 is 0 Å². The van der Waals surface area contributed by atoms with Crippen LogP contribution in [0.1, 0.15) is 0 Å². The minimum absolute atomic E-state index is 0.647. The van der Waals surface area contributed by atoms with Crippen molar-refractivity contribution in [2.24, 2.45) is 0 Å². The number of aromatic nitrogens is 4. The van der Waals surface area contributed by atoms with E-state index < -0.39 is 0 Å². The van der Waals surface area contributed by atoms with Gasteiger partial charge in [0.05, 0.1) is 5.52 Å². The van der Waals surface area contributed by atoms with Gasteiger partial charge in [-0.25, -0.2) is 15.0 Å². The number of pyridine rings is 1. The number of hydrogen-bond acceptors (Lipinski definition) is 4. The summed E-state index contributed by atoms with van der Waals surface area (Å²) < 4.78 is 0. The molecule has 0 atom stereocenters. The zero-order valence-electron chi connectivity index (χ0n) is 23.8. The second-order valence-corrected chi connectivity index (χ2v) is 10.7. The Labute approximate surface area is 255 Å². The fourth-order valence-corrected chi connectivity index (χ4v) is 5.85. The molecule has 0 fully saturated rings. The Morgan fingerprint density at radius 2 is 0.727 bits per heavy atom. The SMILES string of the molecule is c1ccc(-c2nc(-c3ccccc3)nc(-c3ccc(-c4ccc(-c5ccnc6ccccc56)c5ccccc45)cc3)n2)cc1. The van der Waals surface area contributed by atoms with Gasteiger partial charge in [0.25, 0.3) is 0 Å². The average molecular weight is 563 g/mol. The Balaban J connectivity index is 1.22. The Hall–Kier alpha value is -6.00. The predicted molar refractivity (Wildman–Crippen MR) is 180 cm³/mol. The molecule has 2 aromatic heterocycles. The highest BCUT2D eigenvalue weighted by Crippen LogP contribution is 2.38. The molecule has 0 saturated heterocycles. The molecule has 0 amide bonds. The molecule has 6 aromatic carbocycles. The van der Waals surface area contributed by atoms with E-state index in [1.807, 2.05) is 72.9 Å². The van der Waals surface area contributed by atoms with E-state index in [4.69, 9.17) is 15.0 Å². The molecular formula is C40H26N4. The minimum atomic E-state index is 0.647. The quantitative estimate of drug-likeness (QED) is 0.209. The van der Waals surface area contributed by atoms with Gasteiger partial charge in [-0.15, -0.1) is 0 Å². The fourth-order valence-electron chi connectivity index (χ4n) is 5.85. The van der Waals surface area contributed by atoms with E-state index >= 15 is 0 Å². The lowest BCUT2D eigenvalue weighted by atomic mass is 9.91. The Bertz CT molecular complexity index is 2200. The van der Waals surface area contributed by atoms with Crippen LogP contribution in [0.25, 0.3) is 78.1 Å². The molecule has 4 nitrogen and oxygen atoms in total. The lowest BCUT2D eigenvalue weighted by Crippen LogP contribution is -2.00. The highest BCUT2D eigenvalue weighted by atomic mass is 15.0. The van der Waals surface area contributed by atoms with E-state index in [9.17, 15) is 0 Å². The van der Waals surface area contributed by atoms with Crippen LogP contribution in [-0.4, -0.2) is 19.9 Å². The van der Waals surface area contributed by atoms with Crippen molar-refractivity contribution in [1.29, 1.82) is 0 Å². The van der Waals surface area contributed by atoms with Crippen LogP contribution in [-0.2, 0) is 0 Å². The smallest absolute Gasteiger partial charge is 0.164 e. The number of rotatable bonds is 5. The molecule has 0 aliphatic heterocycles. The molecule has 0 saturated carbocycles. The van der Waals surface area contributed by atoms with E-state index in [0.29, 0.717) is 17.5 Å². The van der Waals surface area contributed by atoms with E-state index in [-0.39, 0.29) is 0 Å². The summed E-state index contributed by atoms with van der Waals surface area (Å²) in [6.07, 6.45) is 1.90. The molecule has 0 aliphatic carbocycles. The molecule has 2 heterocycles. The highest BCUT2D eigenvalue weighted by molar-refractivity contribution is 6.09. The van der Waals surface area contributed by atoms with Gasteiger partial charge in [0.2, 0.25) is 0 Å². The normalized spacial score (nSPS) is 11.2. The van der Waals surface area contributed by atoms with Crippen LogP contribution in [0.3, 0.4) is 0 Å². The van der Waals surface area contributed by atoms with Crippen LogP contribution in [0.5, 0.6) is 0 Å². The van der Waals surface area contributed by atoms with E-state index in [1.54, 1.807) is 0 Å². The van der Waals surface area contributed by atoms with Crippen molar-refractivity contribution >= 4 is 21.7 Å². The third-order valence-electron chi connectivity index (χ3n) is 8.02. The third kappa shape index (κ3) is 4.69. The maximum absolute atomic E-state index is 4.89. The van der Waals surface area contributed by atoms with Crippen molar-refractivity contribution in [3.63, 3.8) is 0 Å². The molecule has 0 N–H and O–H groups in total. The van der Waals surface area contributed by atoms with Crippen molar-refractivity contribution in [2.45, 2.75) is 0 Å². The van der Waals surface area contributed by atoms with E-state index in [2.05, 4.69) is 89.9 Å². The molecule has 8 aromatic rings. The minimum Gasteiger partial charge on any atom is -0.256 e. The van der Waals surface area contributed by atoms with Gasteiger partial charge in [-0.1, -0.05) is 140 Å². The van der Waals surface area contributed by atoms with Crippen molar-refractivity contribution in [2.75, 3.05) is 0 Å². The molecule has 0 spiro atoms. The molecule has 0 radical (unpaired) electrons. The number of nitrogens with zero attached hydrogens (tertiary/aromatic N) is 4. The van der Waals surface area contributed by atoms with Gasteiger partial charge in [-0.2, -0.15) is 0 Å². The van der Waals surface area contributed by atoms with Gasteiger partial charge in [0, 0.05) is 28.3 Å². The topological polar surface area (TPSA) is 51.6 Å². The van der Waals surface area contributed by atoms with Crippen LogP contribution in [0.15, 0.2) is 158 Å². The molecule has 4 heteroatoms. The molecular weight excluding hydrogens is 536 g/mol. The molecule has 0 aliphatic rings. The maximum atomic E-state index is 4.89. The molecule has 0 unspecified atom stereocenters. The van der Waals surface area contributed by atoms with Gasteiger partial charge in [0.1, 0.15) is 0 Å². The number of benzene rings is 6. The van der Waals surface area contributed by atoms with Gasteiger partial charge in [0.15, 0.2) is 17.5 Å². The summed E-state index contributed by atoms with van der Waals surface area (Å²) in [6, 6.07) is 52.2. The lowest BCUT2D eigenvalue weighted by molar-refractivity contribution is 1.07. The van der Waals surface area contributed by atoms with Gasteiger partial charge >= 0.3 is 0 Å². The van der Waals surface area contributed by atoms with Crippen molar-refractivity contribution in [3.8, 4) is 56.4 Å². The van der Waals surface area contributed by atoms with Crippen molar-refractivity contribution in [1.82, 2.24) is 19.9 Å². The Kier molecular flexibility index (Phi) is 6.43. The Morgan fingerprint density at radius 1 is 0.295 bits per heavy atom. The Morgan fingerprint density at radius 3 is 1.34 bits per heavy atom. The summed E-state index contributed by atoms with van der Waals surface area (Å²) in [5, 5.41) is 3.57. The molecule has 0 bridgehead atoms. The van der Waals surface area contributed by atoms with Crippen molar-refractivity contribution in [3.05, 3.63) is 158 Å². The first-order valence-electron chi connectivity index (χ1n) is 14.7. The second kappa shape index (κ2) is 11.0. The first kappa shape index (κ1) is 25.7. The summed E-state index contributed by atoms with van der Waals surface area (Å²) in [5.41, 5.74) is 8.56. The molecule has 8 rings (SSSR count). The first-order chi connectivity index (χ1) is 21.8. The van der Waals surface area contributed by atoms with E-state index in [1.165, 1.54) is 27.5 Å². The summed E-state index contributed by atoms with van der Waals surface area (Å²) in [7, 11) is 0. The summed E-state index contributed by atoms with van der Waals surface area (Å²) in [5.74, 6) is 1.96. The summed E-state index contributed by atoms with van der Waals surface area (Å²) >= 11 is 0. The largest absolute Gasteiger partial charge is 0.256 e.